The predicted octanol–water partition coefficient (Wildman–Crippen LogP) is 2.43. The molecule has 0 aliphatic carbocycles. The van der Waals surface area contributed by atoms with Crippen molar-refractivity contribution in [3.8, 4) is 0 Å². The lowest BCUT2D eigenvalue weighted by Crippen LogP contribution is -2.41. The van der Waals surface area contributed by atoms with Crippen LogP contribution in [-0.4, -0.2) is 46.0 Å². The SMILES string of the molecule is c1cnc(N2CCC3(CCN(Cc4nccs4)CC3)C2)nc1. The zero-order valence-corrected chi connectivity index (χ0v) is 13.5. The van der Waals surface area contributed by atoms with E-state index in [0.717, 1.165) is 25.6 Å². The molecular weight excluding hydrogens is 294 g/mol. The minimum Gasteiger partial charge on any atom is -0.340 e. The van der Waals surface area contributed by atoms with Gasteiger partial charge in [0.25, 0.3) is 0 Å². The second-order valence-electron chi connectivity index (χ2n) is 6.42. The molecule has 1 spiro atoms. The number of hydrogen-bond donors (Lipinski definition) is 0. The highest BCUT2D eigenvalue weighted by atomic mass is 32.1. The van der Waals surface area contributed by atoms with Crippen LogP contribution in [0.25, 0.3) is 0 Å². The van der Waals surface area contributed by atoms with Crippen molar-refractivity contribution in [3.63, 3.8) is 0 Å². The molecule has 0 radical (unpaired) electrons. The van der Waals surface area contributed by atoms with Crippen LogP contribution in [0.2, 0.25) is 0 Å². The van der Waals surface area contributed by atoms with Crippen molar-refractivity contribution >= 4 is 17.3 Å². The van der Waals surface area contributed by atoms with Gasteiger partial charge in [0.2, 0.25) is 5.95 Å². The summed E-state index contributed by atoms with van der Waals surface area (Å²) in [6.45, 7) is 5.59. The standard InChI is InChI=1S/C16H21N5S/c1-5-18-15(19-6-1)21-10-4-16(13-21)2-8-20(9-3-16)12-14-17-7-11-22-14/h1,5-7,11H,2-4,8-10,12-13H2. The van der Waals surface area contributed by atoms with E-state index in [-0.39, 0.29) is 0 Å². The van der Waals surface area contributed by atoms with Crippen LogP contribution >= 0.6 is 11.3 Å². The molecule has 22 heavy (non-hydrogen) atoms. The average Bonchev–Trinajstić information content (AvgIpc) is 3.21. The van der Waals surface area contributed by atoms with Gasteiger partial charge in [0.15, 0.2) is 0 Å². The largest absolute Gasteiger partial charge is 0.340 e. The molecule has 2 aromatic heterocycles. The number of anilines is 1. The molecule has 2 aliphatic heterocycles. The highest BCUT2D eigenvalue weighted by Gasteiger charge is 2.41. The van der Waals surface area contributed by atoms with Crippen LogP contribution in [0.1, 0.15) is 24.3 Å². The van der Waals surface area contributed by atoms with E-state index in [9.17, 15) is 0 Å². The van der Waals surface area contributed by atoms with Crippen molar-refractivity contribution in [2.45, 2.75) is 25.8 Å². The molecule has 5 nitrogen and oxygen atoms in total. The molecule has 116 valence electrons. The molecule has 0 atom stereocenters. The quantitative estimate of drug-likeness (QED) is 0.870. The van der Waals surface area contributed by atoms with E-state index in [1.54, 1.807) is 11.3 Å². The number of rotatable bonds is 3. The molecule has 2 fully saturated rings. The summed E-state index contributed by atoms with van der Waals surface area (Å²) in [5, 5.41) is 3.30. The van der Waals surface area contributed by atoms with Gasteiger partial charge in [-0.2, -0.15) is 0 Å². The fourth-order valence-electron chi connectivity index (χ4n) is 3.68. The van der Waals surface area contributed by atoms with Crippen molar-refractivity contribution in [2.75, 3.05) is 31.1 Å². The Bertz CT molecular complexity index is 592. The first-order chi connectivity index (χ1) is 10.8. The molecule has 4 heterocycles. The third kappa shape index (κ3) is 2.85. The van der Waals surface area contributed by atoms with Crippen LogP contribution in [0.3, 0.4) is 0 Å². The average molecular weight is 315 g/mol. The van der Waals surface area contributed by atoms with E-state index in [1.165, 1.54) is 37.4 Å². The number of likely N-dealkylation sites (tertiary alicyclic amines) is 1. The number of piperidine rings is 1. The maximum Gasteiger partial charge on any atom is 0.225 e. The van der Waals surface area contributed by atoms with E-state index in [0.29, 0.717) is 5.41 Å². The number of aromatic nitrogens is 3. The lowest BCUT2D eigenvalue weighted by atomic mass is 9.78. The fraction of sp³-hybridized carbons (Fsp3) is 0.562. The fourth-order valence-corrected chi connectivity index (χ4v) is 4.33. The molecule has 0 N–H and O–H groups in total. The highest BCUT2D eigenvalue weighted by molar-refractivity contribution is 7.09. The summed E-state index contributed by atoms with van der Waals surface area (Å²) in [5.41, 5.74) is 0.471. The maximum absolute atomic E-state index is 4.40. The zero-order chi connectivity index (χ0) is 14.8. The van der Waals surface area contributed by atoms with Crippen LogP contribution in [0.15, 0.2) is 30.0 Å². The van der Waals surface area contributed by atoms with E-state index in [4.69, 9.17) is 0 Å². The minimum absolute atomic E-state index is 0.471. The van der Waals surface area contributed by atoms with Gasteiger partial charge in [-0.25, -0.2) is 15.0 Å². The van der Waals surface area contributed by atoms with Gasteiger partial charge in [0, 0.05) is 37.1 Å². The smallest absolute Gasteiger partial charge is 0.225 e. The summed E-state index contributed by atoms with van der Waals surface area (Å²) >= 11 is 1.76. The van der Waals surface area contributed by atoms with Crippen LogP contribution in [-0.2, 0) is 6.54 Å². The van der Waals surface area contributed by atoms with Gasteiger partial charge in [-0.05, 0) is 43.8 Å². The second-order valence-corrected chi connectivity index (χ2v) is 7.40. The van der Waals surface area contributed by atoms with Gasteiger partial charge < -0.3 is 4.90 Å². The van der Waals surface area contributed by atoms with Crippen molar-refractivity contribution in [1.82, 2.24) is 19.9 Å². The summed E-state index contributed by atoms with van der Waals surface area (Å²) in [4.78, 5) is 18.1. The first-order valence-corrected chi connectivity index (χ1v) is 8.84. The second kappa shape index (κ2) is 5.93. The normalized spacial score (nSPS) is 21.5. The monoisotopic (exact) mass is 315 g/mol. The van der Waals surface area contributed by atoms with Crippen molar-refractivity contribution in [1.29, 1.82) is 0 Å². The van der Waals surface area contributed by atoms with Crippen LogP contribution in [0.5, 0.6) is 0 Å². The summed E-state index contributed by atoms with van der Waals surface area (Å²) < 4.78 is 0. The molecule has 0 unspecified atom stereocenters. The molecular formula is C16H21N5S. The Morgan fingerprint density at radius 1 is 1.00 bits per heavy atom. The van der Waals surface area contributed by atoms with Gasteiger partial charge in [0.1, 0.15) is 5.01 Å². The maximum atomic E-state index is 4.40. The van der Waals surface area contributed by atoms with Crippen LogP contribution in [0, 0.1) is 5.41 Å². The van der Waals surface area contributed by atoms with E-state index < -0.39 is 0 Å². The van der Waals surface area contributed by atoms with E-state index >= 15 is 0 Å². The van der Waals surface area contributed by atoms with Gasteiger partial charge in [-0.15, -0.1) is 11.3 Å². The van der Waals surface area contributed by atoms with Gasteiger partial charge in [-0.3, -0.25) is 4.90 Å². The summed E-state index contributed by atoms with van der Waals surface area (Å²) in [6, 6.07) is 1.88. The molecule has 0 saturated carbocycles. The molecule has 0 bridgehead atoms. The Morgan fingerprint density at radius 2 is 1.77 bits per heavy atom. The van der Waals surface area contributed by atoms with Crippen molar-refractivity contribution < 1.29 is 0 Å². The Morgan fingerprint density at radius 3 is 2.50 bits per heavy atom. The lowest BCUT2D eigenvalue weighted by molar-refractivity contribution is 0.115. The molecule has 0 amide bonds. The van der Waals surface area contributed by atoms with E-state index in [1.807, 2.05) is 24.7 Å². The lowest BCUT2D eigenvalue weighted by Gasteiger charge is -2.39. The predicted molar refractivity (Wildman–Crippen MR) is 87.9 cm³/mol. The molecule has 2 aromatic rings. The number of hydrogen-bond acceptors (Lipinski definition) is 6. The third-order valence-corrected chi connectivity index (χ3v) is 5.80. The Kier molecular flexibility index (Phi) is 3.80. The molecule has 0 aromatic carbocycles. The first-order valence-electron chi connectivity index (χ1n) is 7.96. The summed E-state index contributed by atoms with van der Waals surface area (Å²) in [5.74, 6) is 0.893. The topological polar surface area (TPSA) is 45.2 Å². The van der Waals surface area contributed by atoms with Crippen molar-refractivity contribution in [3.05, 3.63) is 35.0 Å². The Hall–Kier alpha value is -1.53. The van der Waals surface area contributed by atoms with Gasteiger partial charge >= 0.3 is 0 Å². The Labute approximate surface area is 135 Å². The number of nitrogens with zero attached hydrogens (tertiary/aromatic N) is 5. The molecule has 2 saturated heterocycles. The molecule has 4 rings (SSSR count). The van der Waals surface area contributed by atoms with E-state index in [2.05, 4.69) is 30.1 Å². The minimum atomic E-state index is 0.471. The van der Waals surface area contributed by atoms with Crippen molar-refractivity contribution in [2.24, 2.45) is 5.41 Å². The van der Waals surface area contributed by atoms with Gasteiger partial charge in [0.05, 0.1) is 6.54 Å². The first kappa shape index (κ1) is 14.1. The highest BCUT2D eigenvalue weighted by Crippen LogP contribution is 2.41. The molecule has 6 heteroatoms. The Balaban J connectivity index is 1.35. The summed E-state index contributed by atoms with van der Waals surface area (Å²) in [7, 11) is 0. The van der Waals surface area contributed by atoms with Crippen LogP contribution in [0.4, 0.5) is 5.95 Å². The third-order valence-electron chi connectivity index (χ3n) is 5.03. The van der Waals surface area contributed by atoms with Gasteiger partial charge in [-0.1, -0.05) is 0 Å². The summed E-state index contributed by atoms with van der Waals surface area (Å²) in [6.07, 6.45) is 9.41. The zero-order valence-electron chi connectivity index (χ0n) is 12.7. The number of thiazole rings is 1. The van der Waals surface area contributed by atoms with Crippen LogP contribution < -0.4 is 4.90 Å². The molecule has 2 aliphatic rings.